The average Bonchev–Trinajstić information content (AvgIpc) is 2.35. The molecule has 4 nitrogen and oxygen atoms in total. The minimum atomic E-state index is -0.420. The van der Waals surface area contributed by atoms with Crippen LogP contribution in [0.5, 0.6) is 5.75 Å². The summed E-state index contributed by atoms with van der Waals surface area (Å²) < 4.78 is 18.8. The van der Waals surface area contributed by atoms with Crippen molar-refractivity contribution in [2.75, 3.05) is 20.7 Å². The molecule has 0 saturated heterocycles. The van der Waals surface area contributed by atoms with Crippen LogP contribution in [-0.4, -0.2) is 31.5 Å². The number of amides is 1. The molecule has 0 bridgehead atoms. The smallest absolute Gasteiger partial charge is 0.222 e. The Morgan fingerprint density at radius 2 is 2.17 bits per heavy atom. The van der Waals surface area contributed by atoms with Gasteiger partial charge in [0.05, 0.1) is 6.61 Å². The molecule has 18 heavy (non-hydrogen) atoms. The number of benzene rings is 1. The zero-order chi connectivity index (χ0) is 13.5. The Labute approximate surface area is 107 Å². The Morgan fingerprint density at radius 3 is 2.72 bits per heavy atom. The molecule has 0 aliphatic heterocycles. The fourth-order valence-electron chi connectivity index (χ4n) is 1.42. The Kier molecular flexibility index (Phi) is 5.58. The predicted molar refractivity (Wildman–Crippen MR) is 67.7 cm³/mol. The fourth-order valence-corrected chi connectivity index (χ4v) is 1.42. The van der Waals surface area contributed by atoms with Gasteiger partial charge in [0.2, 0.25) is 5.91 Å². The van der Waals surface area contributed by atoms with E-state index < -0.39 is 5.82 Å². The lowest BCUT2D eigenvalue weighted by atomic mass is 10.2. The van der Waals surface area contributed by atoms with E-state index in [-0.39, 0.29) is 11.7 Å². The number of nitrogens with two attached hydrogens (primary N) is 1. The van der Waals surface area contributed by atoms with Gasteiger partial charge in [-0.15, -0.1) is 0 Å². The summed E-state index contributed by atoms with van der Waals surface area (Å²) in [7, 11) is 3.41. The predicted octanol–water partition coefficient (Wildman–Crippen LogP) is 1.53. The van der Waals surface area contributed by atoms with Crippen LogP contribution in [0.25, 0.3) is 0 Å². The van der Waals surface area contributed by atoms with Gasteiger partial charge >= 0.3 is 0 Å². The summed E-state index contributed by atoms with van der Waals surface area (Å²) in [6, 6.07) is 4.65. The van der Waals surface area contributed by atoms with E-state index in [4.69, 9.17) is 10.5 Å². The highest BCUT2D eigenvalue weighted by molar-refractivity contribution is 5.75. The summed E-state index contributed by atoms with van der Waals surface area (Å²) in [6.45, 7) is 0.618. The largest absolute Gasteiger partial charge is 0.491 e. The monoisotopic (exact) mass is 254 g/mol. The lowest BCUT2D eigenvalue weighted by molar-refractivity contribution is -0.128. The van der Waals surface area contributed by atoms with Crippen molar-refractivity contribution in [1.29, 1.82) is 0 Å². The number of hydrogen-bond donors (Lipinski definition) is 1. The third-order valence-corrected chi connectivity index (χ3v) is 2.52. The lowest BCUT2D eigenvalue weighted by Gasteiger charge is -2.11. The van der Waals surface area contributed by atoms with E-state index >= 15 is 0 Å². The van der Waals surface area contributed by atoms with Crippen LogP contribution in [0.15, 0.2) is 18.2 Å². The van der Waals surface area contributed by atoms with E-state index in [1.807, 2.05) is 0 Å². The van der Waals surface area contributed by atoms with Crippen LogP contribution in [0.3, 0.4) is 0 Å². The third kappa shape index (κ3) is 4.33. The Bertz CT molecular complexity index is 408. The van der Waals surface area contributed by atoms with Crippen LogP contribution in [0.2, 0.25) is 0 Å². The molecular formula is C13H19FN2O2. The number of halogens is 1. The molecule has 5 heteroatoms. The quantitative estimate of drug-likeness (QED) is 0.783. The maximum atomic E-state index is 13.5. The van der Waals surface area contributed by atoms with E-state index in [9.17, 15) is 9.18 Å². The van der Waals surface area contributed by atoms with Gasteiger partial charge in [0, 0.05) is 27.1 Å². The van der Waals surface area contributed by atoms with Gasteiger partial charge in [-0.25, -0.2) is 4.39 Å². The summed E-state index contributed by atoms with van der Waals surface area (Å²) in [5.41, 5.74) is 6.13. The molecule has 2 N–H and O–H groups in total. The number of carbonyl (C=O) groups excluding carboxylic acids is 1. The summed E-state index contributed by atoms with van der Waals surface area (Å²) >= 11 is 0. The highest BCUT2D eigenvalue weighted by Gasteiger charge is 2.06. The van der Waals surface area contributed by atoms with Crippen LogP contribution in [0.1, 0.15) is 18.4 Å². The van der Waals surface area contributed by atoms with Crippen LogP contribution in [0, 0.1) is 5.82 Å². The molecule has 0 atom stereocenters. The van der Waals surface area contributed by atoms with Gasteiger partial charge in [-0.1, -0.05) is 6.07 Å². The van der Waals surface area contributed by atoms with E-state index in [1.54, 1.807) is 26.2 Å². The lowest BCUT2D eigenvalue weighted by Crippen LogP contribution is -2.21. The zero-order valence-corrected chi connectivity index (χ0v) is 10.8. The van der Waals surface area contributed by atoms with Gasteiger partial charge in [0.25, 0.3) is 0 Å². The topological polar surface area (TPSA) is 55.6 Å². The Balaban J connectivity index is 2.38. The molecule has 1 rings (SSSR count). The third-order valence-electron chi connectivity index (χ3n) is 2.52. The number of hydrogen-bond acceptors (Lipinski definition) is 3. The molecular weight excluding hydrogens is 235 g/mol. The Morgan fingerprint density at radius 1 is 1.44 bits per heavy atom. The van der Waals surface area contributed by atoms with Crippen molar-refractivity contribution in [3.8, 4) is 5.75 Å². The van der Waals surface area contributed by atoms with E-state index in [1.165, 1.54) is 11.0 Å². The fraction of sp³-hybridized carbons (Fsp3) is 0.462. The first-order chi connectivity index (χ1) is 8.54. The highest BCUT2D eigenvalue weighted by atomic mass is 19.1. The Hall–Kier alpha value is -1.62. The van der Waals surface area contributed by atoms with Gasteiger partial charge in [0.1, 0.15) is 0 Å². The molecule has 0 spiro atoms. The number of ether oxygens (including phenoxy) is 1. The van der Waals surface area contributed by atoms with Crippen LogP contribution < -0.4 is 10.5 Å². The van der Waals surface area contributed by atoms with Gasteiger partial charge < -0.3 is 15.4 Å². The first-order valence-corrected chi connectivity index (χ1v) is 5.86. The van der Waals surface area contributed by atoms with Gasteiger partial charge in [-0.05, 0) is 24.1 Å². The maximum absolute atomic E-state index is 13.5. The second kappa shape index (κ2) is 6.96. The van der Waals surface area contributed by atoms with E-state index in [0.29, 0.717) is 26.0 Å². The summed E-state index contributed by atoms with van der Waals surface area (Å²) in [4.78, 5) is 12.8. The standard InChI is InChI=1S/C13H19FN2O2/c1-16(2)13(17)4-3-7-18-12-6-5-10(9-15)8-11(12)14/h5-6,8H,3-4,7,9,15H2,1-2H3. The van der Waals surface area contributed by atoms with Gasteiger partial charge in [0.15, 0.2) is 11.6 Å². The molecule has 100 valence electrons. The van der Waals surface area contributed by atoms with Crippen molar-refractivity contribution < 1.29 is 13.9 Å². The van der Waals surface area contributed by atoms with Crippen molar-refractivity contribution in [2.45, 2.75) is 19.4 Å². The molecule has 1 aromatic carbocycles. The summed E-state index contributed by atoms with van der Waals surface area (Å²) in [5, 5.41) is 0. The molecule has 0 saturated carbocycles. The first-order valence-electron chi connectivity index (χ1n) is 5.86. The van der Waals surface area contributed by atoms with E-state index in [2.05, 4.69) is 0 Å². The second-order valence-corrected chi connectivity index (χ2v) is 4.21. The number of carbonyl (C=O) groups is 1. The summed E-state index contributed by atoms with van der Waals surface area (Å²) in [6.07, 6.45) is 0.963. The molecule has 1 aromatic rings. The van der Waals surface area contributed by atoms with Crippen LogP contribution in [0.4, 0.5) is 4.39 Å². The minimum Gasteiger partial charge on any atom is -0.491 e. The molecule has 0 aliphatic rings. The molecule has 1 amide bonds. The zero-order valence-electron chi connectivity index (χ0n) is 10.8. The van der Waals surface area contributed by atoms with Crippen molar-refractivity contribution in [3.05, 3.63) is 29.6 Å². The average molecular weight is 254 g/mol. The highest BCUT2D eigenvalue weighted by Crippen LogP contribution is 2.18. The SMILES string of the molecule is CN(C)C(=O)CCCOc1ccc(CN)cc1F. The molecule has 0 fully saturated rings. The molecule has 0 heterocycles. The van der Waals surface area contributed by atoms with Gasteiger partial charge in [-0.3, -0.25) is 4.79 Å². The molecule has 0 aliphatic carbocycles. The van der Waals surface area contributed by atoms with Gasteiger partial charge in [-0.2, -0.15) is 0 Å². The first kappa shape index (κ1) is 14.4. The van der Waals surface area contributed by atoms with Crippen LogP contribution in [-0.2, 0) is 11.3 Å². The van der Waals surface area contributed by atoms with Crippen molar-refractivity contribution in [1.82, 2.24) is 4.90 Å². The summed E-state index contributed by atoms with van der Waals surface area (Å²) in [5.74, 6) is -0.182. The normalized spacial score (nSPS) is 10.2. The molecule has 0 unspecified atom stereocenters. The maximum Gasteiger partial charge on any atom is 0.222 e. The second-order valence-electron chi connectivity index (χ2n) is 4.21. The van der Waals surface area contributed by atoms with Crippen molar-refractivity contribution in [3.63, 3.8) is 0 Å². The molecule has 0 radical (unpaired) electrons. The van der Waals surface area contributed by atoms with Crippen molar-refractivity contribution in [2.24, 2.45) is 5.73 Å². The number of rotatable bonds is 6. The number of nitrogens with zero attached hydrogens (tertiary/aromatic N) is 1. The molecule has 0 aromatic heterocycles. The van der Waals surface area contributed by atoms with Crippen molar-refractivity contribution >= 4 is 5.91 Å². The minimum absolute atomic E-state index is 0.0394. The van der Waals surface area contributed by atoms with Crippen LogP contribution >= 0.6 is 0 Å². The van der Waals surface area contributed by atoms with E-state index in [0.717, 1.165) is 5.56 Å².